The highest BCUT2D eigenvalue weighted by Gasteiger charge is 2.40. The number of hydrogen-bond donors (Lipinski definition) is 2. The van der Waals surface area contributed by atoms with Gasteiger partial charge in [0.1, 0.15) is 0 Å². The van der Waals surface area contributed by atoms with Crippen LogP contribution >= 0.6 is 11.8 Å². The maximum Gasteiger partial charge on any atom is 0.223 e. The molecule has 0 saturated heterocycles. The lowest BCUT2D eigenvalue weighted by Crippen LogP contribution is -2.49. The fraction of sp³-hybridized carbons (Fsp3) is 0.632. The van der Waals surface area contributed by atoms with Crippen molar-refractivity contribution < 1.29 is 4.79 Å². The van der Waals surface area contributed by atoms with Crippen molar-refractivity contribution in [2.24, 2.45) is 23.5 Å². The number of benzene rings is 1. The molecule has 0 radical (unpaired) electrons. The molecule has 4 heteroatoms. The number of carbonyl (C=O) groups is 1. The van der Waals surface area contributed by atoms with Crippen molar-refractivity contribution in [2.45, 2.75) is 50.0 Å². The van der Waals surface area contributed by atoms with Crippen LogP contribution in [0.2, 0.25) is 0 Å². The summed E-state index contributed by atoms with van der Waals surface area (Å²) in [6.07, 6.45) is 5.71. The van der Waals surface area contributed by atoms with Crippen LogP contribution in [0.5, 0.6) is 0 Å². The highest BCUT2D eigenvalue weighted by Crippen LogP contribution is 2.41. The van der Waals surface area contributed by atoms with Gasteiger partial charge in [0.2, 0.25) is 5.91 Å². The minimum absolute atomic E-state index is 0.189. The molecule has 23 heavy (non-hydrogen) atoms. The number of hydrogen-bond acceptors (Lipinski definition) is 3. The summed E-state index contributed by atoms with van der Waals surface area (Å²) in [6, 6.07) is 8.89. The second-order valence-corrected chi connectivity index (χ2v) is 8.32. The quantitative estimate of drug-likeness (QED) is 0.642. The van der Waals surface area contributed by atoms with E-state index < -0.39 is 0 Å². The Morgan fingerprint density at radius 2 is 1.87 bits per heavy atom. The third-order valence-corrected chi connectivity index (χ3v) is 6.49. The highest BCUT2D eigenvalue weighted by atomic mass is 32.2. The van der Waals surface area contributed by atoms with Gasteiger partial charge in [0.15, 0.2) is 0 Å². The Morgan fingerprint density at radius 3 is 2.52 bits per heavy atom. The first-order valence-electron chi connectivity index (χ1n) is 8.86. The van der Waals surface area contributed by atoms with Crippen LogP contribution in [0.4, 0.5) is 0 Å². The molecule has 2 aliphatic carbocycles. The summed E-state index contributed by atoms with van der Waals surface area (Å²) in [5.74, 6) is 2.50. The molecule has 0 aliphatic heterocycles. The van der Waals surface area contributed by atoms with Gasteiger partial charge in [-0.2, -0.15) is 0 Å². The maximum absolute atomic E-state index is 12.4. The Morgan fingerprint density at radius 1 is 1.22 bits per heavy atom. The maximum atomic E-state index is 12.4. The van der Waals surface area contributed by atoms with Crippen molar-refractivity contribution >= 4 is 17.7 Å². The van der Waals surface area contributed by atoms with Gasteiger partial charge >= 0.3 is 0 Å². The monoisotopic (exact) mass is 332 g/mol. The van der Waals surface area contributed by atoms with E-state index in [1.165, 1.54) is 29.7 Å². The molecule has 1 amide bonds. The number of carbonyl (C=O) groups excluding carboxylic acids is 1. The Bertz CT molecular complexity index is 517. The fourth-order valence-electron chi connectivity index (χ4n) is 4.13. The molecule has 0 spiro atoms. The SMILES string of the molecule is Cc1ccc(SCCNC(=O)C2CC3CCCC(C2)C3N)cc1. The van der Waals surface area contributed by atoms with Gasteiger partial charge in [-0.1, -0.05) is 24.1 Å². The lowest BCUT2D eigenvalue weighted by atomic mass is 9.65. The smallest absolute Gasteiger partial charge is 0.223 e. The molecule has 2 bridgehead atoms. The third-order valence-electron chi connectivity index (χ3n) is 5.47. The minimum Gasteiger partial charge on any atom is -0.355 e. The van der Waals surface area contributed by atoms with E-state index in [1.807, 2.05) is 0 Å². The van der Waals surface area contributed by atoms with Gasteiger partial charge in [0, 0.05) is 29.2 Å². The molecule has 2 unspecified atom stereocenters. The highest BCUT2D eigenvalue weighted by molar-refractivity contribution is 7.99. The van der Waals surface area contributed by atoms with Gasteiger partial charge in [0.25, 0.3) is 0 Å². The zero-order valence-corrected chi connectivity index (χ0v) is 14.8. The molecular formula is C19H28N2OS. The van der Waals surface area contributed by atoms with E-state index in [1.54, 1.807) is 11.8 Å². The number of nitrogens with two attached hydrogens (primary N) is 1. The molecule has 126 valence electrons. The summed E-state index contributed by atoms with van der Waals surface area (Å²) in [6.45, 7) is 2.84. The van der Waals surface area contributed by atoms with Gasteiger partial charge in [-0.25, -0.2) is 0 Å². The Balaban J connectivity index is 1.40. The van der Waals surface area contributed by atoms with Crippen LogP contribution in [0.25, 0.3) is 0 Å². The number of thioether (sulfide) groups is 1. The van der Waals surface area contributed by atoms with Crippen molar-refractivity contribution in [2.75, 3.05) is 12.3 Å². The molecule has 2 saturated carbocycles. The van der Waals surface area contributed by atoms with Crippen LogP contribution in [-0.4, -0.2) is 24.2 Å². The summed E-state index contributed by atoms with van der Waals surface area (Å²) >= 11 is 1.80. The number of aryl methyl sites for hydroxylation is 1. The number of fused-ring (bicyclic) bond motifs is 2. The van der Waals surface area contributed by atoms with Crippen LogP contribution in [0, 0.1) is 24.7 Å². The number of amides is 1. The zero-order valence-electron chi connectivity index (χ0n) is 14.0. The van der Waals surface area contributed by atoms with Crippen molar-refractivity contribution in [1.82, 2.24) is 5.32 Å². The summed E-state index contributed by atoms with van der Waals surface area (Å²) in [5, 5.41) is 3.14. The zero-order chi connectivity index (χ0) is 16.2. The number of nitrogens with one attached hydrogen (secondary N) is 1. The van der Waals surface area contributed by atoms with Gasteiger partial charge in [-0.15, -0.1) is 11.8 Å². The molecule has 2 atom stereocenters. The minimum atomic E-state index is 0.189. The Hall–Kier alpha value is -1.00. The molecule has 1 aromatic carbocycles. The van der Waals surface area contributed by atoms with E-state index in [-0.39, 0.29) is 11.8 Å². The first-order chi connectivity index (χ1) is 11.1. The van der Waals surface area contributed by atoms with Crippen LogP contribution in [0.15, 0.2) is 29.2 Å². The average molecular weight is 333 g/mol. The molecule has 1 aromatic rings. The lowest BCUT2D eigenvalue weighted by molar-refractivity contribution is -0.127. The normalized spacial score (nSPS) is 30.0. The second kappa shape index (κ2) is 7.71. The summed E-state index contributed by atoms with van der Waals surface area (Å²) < 4.78 is 0. The third kappa shape index (κ3) is 4.30. The molecule has 2 aliphatic rings. The van der Waals surface area contributed by atoms with Gasteiger partial charge < -0.3 is 11.1 Å². The molecule has 3 rings (SSSR count). The van der Waals surface area contributed by atoms with Gasteiger partial charge in [-0.05, 0) is 56.6 Å². The fourth-order valence-corrected chi connectivity index (χ4v) is 4.89. The Labute approximate surface area is 143 Å². The van der Waals surface area contributed by atoms with Crippen LogP contribution in [-0.2, 0) is 4.79 Å². The van der Waals surface area contributed by atoms with E-state index >= 15 is 0 Å². The lowest BCUT2D eigenvalue weighted by Gasteiger charge is -2.43. The average Bonchev–Trinajstić information content (AvgIpc) is 2.53. The van der Waals surface area contributed by atoms with E-state index in [9.17, 15) is 4.79 Å². The summed E-state index contributed by atoms with van der Waals surface area (Å²) in [7, 11) is 0. The first-order valence-corrected chi connectivity index (χ1v) is 9.85. The Kier molecular flexibility index (Phi) is 5.65. The van der Waals surface area contributed by atoms with Crippen LogP contribution in [0.1, 0.15) is 37.7 Å². The summed E-state index contributed by atoms with van der Waals surface area (Å²) in [5.41, 5.74) is 7.59. The van der Waals surface area contributed by atoms with E-state index in [0.29, 0.717) is 17.9 Å². The predicted octanol–water partition coefficient (Wildman–Crippen LogP) is 3.36. The van der Waals surface area contributed by atoms with E-state index in [0.717, 1.165) is 25.1 Å². The topological polar surface area (TPSA) is 55.1 Å². The molecule has 0 heterocycles. The molecule has 2 fully saturated rings. The van der Waals surface area contributed by atoms with Gasteiger partial charge in [-0.3, -0.25) is 4.79 Å². The largest absolute Gasteiger partial charge is 0.355 e. The summed E-state index contributed by atoms with van der Waals surface area (Å²) in [4.78, 5) is 13.7. The first kappa shape index (κ1) is 16.8. The van der Waals surface area contributed by atoms with Crippen molar-refractivity contribution in [3.8, 4) is 0 Å². The molecule has 3 N–H and O–H groups in total. The molecular weight excluding hydrogens is 304 g/mol. The van der Waals surface area contributed by atoms with Crippen LogP contribution < -0.4 is 11.1 Å². The molecule has 0 aromatic heterocycles. The predicted molar refractivity (Wildman–Crippen MR) is 96.4 cm³/mol. The molecule has 3 nitrogen and oxygen atoms in total. The standard InChI is InChI=1S/C19H28N2OS/c1-13-5-7-17(8-6-13)23-10-9-21-19(22)16-11-14-3-2-4-15(12-16)18(14)20/h5-8,14-16,18H,2-4,9-12,20H2,1H3,(H,21,22). The number of rotatable bonds is 5. The van der Waals surface area contributed by atoms with E-state index in [4.69, 9.17) is 5.73 Å². The van der Waals surface area contributed by atoms with Crippen molar-refractivity contribution in [3.05, 3.63) is 29.8 Å². The van der Waals surface area contributed by atoms with Gasteiger partial charge in [0.05, 0.1) is 0 Å². The van der Waals surface area contributed by atoms with Crippen molar-refractivity contribution in [3.63, 3.8) is 0 Å². The van der Waals surface area contributed by atoms with Crippen molar-refractivity contribution in [1.29, 1.82) is 0 Å². The van der Waals surface area contributed by atoms with E-state index in [2.05, 4.69) is 36.5 Å². The second-order valence-electron chi connectivity index (χ2n) is 7.15. The van der Waals surface area contributed by atoms with Crippen LogP contribution in [0.3, 0.4) is 0 Å².